The molecule has 0 radical (unpaired) electrons. The molecule has 0 aliphatic carbocycles. The molecule has 0 saturated carbocycles. The van der Waals surface area contributed by atoms with Crippen molar-refractivity contribution in [3.05, 3.63) is 59.3 Å². The van der Waals surface area contributed by atoms with Crippen LogP contribution in [-0.2, 0) is 28.7 Å². The standard InChI is InChI=1S/C25H27F3N8O3/c1-15(16(2)38-4)35(3)22-21-19(6-5-9-36(21)14-37)33-24(34-22)32-11-17-7-8-20(29-10-17)39-18-12-30-23(31-13-18)25(26,27)28/h7-8,10,12-14H,5-6,9,11H2,1-4H3,(H,32,33,34)/b16-15+. The monoisotopic (exact) mass is 544 g/mol. The number of allylic oxidation sites excluding steroid dienone is 2. The molecular formula is C25H27F3N8O3. The van der Waals surface area contributed by atoms with E-state index in [0.717, 1.165) is 42.2 Å². The van der Waals surface area contributed by atoms with E-state index in [0.29, 0.717) is 42.7 Å². The zero-order valence-corrected chi connectivity index (χ0v) is 21.8. The van der Waals surface area contributed by atoms with E-state index in [2.05, 4.69) is 25.3 Å². The summed E-state index contributed by atoms with van der Waals surface area (Å²) in [6.45, 7) is 4.67. The van der Waals surface area contributed by atoms with Crippen LogP contribution in [0.3, 0.4) is 0 Å². The van der Waals surface area contributed by atoms with Crippen LogP contribution in [0.5, 0.6) is 11.6 Å². The highest BCUT2D eigenvalue weighted by Crippen LogP contribution is 2.36. The minimum Gasteiger partial charge on any atom is -0.500 e. The molecule has 4 heterocycles. The molecule has 4 rings (SSSR count). The van der Waals surface area contributed by atoms with Gasteiger partial charge < -0.3 is 24.6 Å². The van der Waals surface area contributed by atoms with Crippen LogP contribution in [0, 0.1) is 0 Å². The van der Waals surface area contributed by atoms with Crippen molar-refractivity contribution in [2.45, 2.75) is 39.4 Å². The maximum atomic E-state index is 12.6. The molecule has 0 fully saturated rings. The molecule has 206 valence electrons. The van der Waals surface area contributed by atoms with Gasteiger partial charge in [-0.25, -0.2) is 19.9 Å². The average Bonchev–Trinajstić information content (AvgIpc) is 2.94. The fourth-order valence-corrected chi connectivity index (χ4v) is 3.84. The maximum Gasteiger partial charge on any atom is 0.451 e. The highest BCUT2D eigenvalue weighted by Gasteiger charge is 2.34. The first kappa shape index (κ1) is 27.5. The number of amides is 1. The number of carbonyl (C=O) groups is 1. The molecule has 0 atom stereocenters. The number of halogens is 3. The summed E-state index contributed by atoms with van der Waals surface area (Å²) in [4.78, 5) is 35.4. The van der Waals surface area contributed by atoms with Crippen molar-refractivity contribution in [2.75, 3.05) is 35.8 Å². The molecule has 0 spiro atoms. The molecule has 1 aliphatic rings. The number of aryl methyl sites for hydroxylation is 1. The Balaban J connectivity index is 1.50. The van der Waals surface area contributed by atoms with Crippen LogP contribution in [0.2, 0.25) is 0 Å². The summed E-state index contributed by atoms with van der Waals surface area (Å²) in [5.74, 6) is 0.613. The Labute approximate surface area is 222 Å². The Kier molecular flexibility index (Phi) is 8.12. The number of hydrogen-bond donors (Lipinski definition) is 1. The number of aromatic nitrogens is 5. The lowest BCUT2D eigenvalue weighted by atomic mass is 10.1. The van der Waals surface area contributed by atoms with Gasteiger partial charge in [0.15, 0.2) is 11.6 Å². The fraction of sp³-hybridized carbons (Fsp3) is 0.360. The highest BCUT2D eigenvalue weighted by molar-refractivity contribution is 5.85. The van der Waals surface area contributed by atoms with Crippen molar-refractivity contribution >= 4 is 23.9 Å². The summed E-state index contributed by atoms with van der Waals surface area (Å²) in [6.07, 6.45) is 1.08. The number of fused-ring (bicyclic) bond motifs is 1. The Hall–Kier alpha value is -4.49. The van der Waals surface area contributed by atoms with Gasteiger partial charge in [-0.1, -0.05) is 6.07 Å². The van der Waals surface area contributed by atoms with Gasteiger partial charge in [0.1, 0.15) is 11.4 Å². The van der Waals surface area contributed by atoms with Gasteiger partial charge in [0.25, 0.3) is 0 Å². The van der Waals surface area contributed by atoms with Crippen LogP contribution < -0.4 is 19.9 Å². The lowest BCUT2D eigenvalue weighted by Gasteiger charge is -2.31. The average molecular weight is 545 g/mol. The second kappa shape index (κ2) is 11.5. The number of methoxy groups -OCH3 is 1. The van der Waals surface area contributed by atoms with Gasteiger partial charge in [-0.2, -0.15) is 18.2 Å². The number of anilines is 3. The number of ether oxygens (including phenoxy) is 2. The van der Waals surface area contributed by atoms with E-state index >= 15 is 0 Å². The van der Waals surface area contributed by atoms with E-state index in [-0.39, 0.29) is 11.6 Å². The first-order valence-electron chi connectivity index (χ1n) is 11.9. The Morgan fingerprint density at radius 2 is 1.90 bits per heavy atom. The van der Waals surface area contributed by atoms with Gasteiger partial charge >= 0.3 is 6.18 Å². The normalized spacial score (nSPS) is 13.8. The minimum absolute atomic E-state index is 0.0258. The molecule has 0 bridgehead atoms. The summed E-state index contributed by atoms with van der Waals surface area (Å²) in [5.41, 5.74) is 3.04. The molecule has 0 aromatic carbocycles. The van der Waals surface area contributed by atoms with Gasteiger partial charge in [-0.05, 0) is 32.3 Å². The van der Waals surface area contributed by atoms with Crippen LogP contribution in [0.25, 0.3) is 0 Å². The van der Waals surface area contributed by atoms with E-state index in [4.69, 9.17) is 14.5 Å². The lowest BCUT2D eigenvalue weighted by molar-refractivity contribution is -0.145. The minimum atomic E-state index is -4.63. The molecule has 1 N–H and O–H groups in total. The van der Waals surface area contributed by atoms with Crippen molar-refractivity contribution in [1.29, 1.82) is 0 Å². The van der Waals surface area contributed by atoms with Gasteiger partial charge in [-0.3, -0.25) is 4.79 Å². The topological polar surface area (TPSA) is 118 Å². The zero-order valence-electron chi connectivity index (χ0n) is 21.8. The molecule has 1 aliphatic heterocycles. The molecule has 0 unspecified atom stereocenters. The number of pyridine rings is 1. The Bertz CT molecular complexity index is 1350. The molecule has 0 saturated heterocycles. The molecule has 11 nitrogen and oxygen atoms in total. The smallest absolute Gasteiger partial charge is 0.451 e. The van der Waals surface area contributed by atoms with Crippen molar-refractivity contribution in [2.24, 2.45) is 0 Å². The third-order valence-corrected chi connectivity index (χ3v) is 6.15. The summed E-state index contributed by atoms with van der Waals surface area (Å²) >= 11 is 0. The summed E-state index contributed by atoms with van der Waals surface area (Å²) in [5, 5.41) is 3.20. The summed E-state index contributed by atoms with van der Waals surface area (Å²) in [6, 6.07) is 3.32. The van der Waals surface area contributed by atoms with Crippen LogP contribution in [-0.4, -0.2) is 52.0 Å². The van der Waals surface area contributed by atoms with E-state index in [1.54, 1.807) is 30.3 Å². The predicted octanol–water partition coefficient (Wildman–Crippen LogP) is 4.33. The second-order valence-electron chi connectivity index (χ2n) is 8.67. The number of nitrogens with one attached hydrogen (secondary N) is 1. The second-order valence-corrected chi connectivity index (χ2v) is 8.67. The number of rotatable bonds is 9. The van der Waals surface area contributed by atoms with Crippen molar-refractivity contribution in [3.63, 3.8) is 0 Å². The molecule has 39 heavy (non-hydrogen) atoms. The van der Waals surface area contributed by atoms with Crippen molar-refractivity contribution in [3.8, 4) is 11.6 Å². The van der Waals surface area contributed by atoms with Gasteiger partial charge in [0, 0.05) is 32.4 Å². The van der Waals surface area contributed by atoms with E-state index < -0.39 is 12.0 Å². The zero-order chi connectivity index (χ0) is 28.2. The van der Waals surface area contributed by atoms with E-state index in [1.807, 2.05) is 25.8 Å². The Morgan fingerprint density at radius 1 is 1.15 bits per heavy atom. The van der Waals surface area contributed by atoms with Gasteiger partial charge in [-0.15, -0.1) is 0 Å². The third kappa shape index (κ3) is 6.33. The highest BCUT2D eigenvalue weighted by atomic mass is 19.4. The number of alkyl halides is 3. The number of nitrogens with zero attached hydrogens (tertiary/aromatic N) is 7. The predicted molar refractivity (Wildman–Crippen MR) is 136 cm³/mol. The van der Waals surface area contributed by atoms with Crippen molar-refractivity contribution < 1.29 is 27.4 Å². The first-order chi connectivity index (χ1) is 18.6. The first-order valence-corrected chi connectivity index (χ1v) is 11.9. The number of carbonyl (C=O) groups excluding carboxylic acids is 1. The molecule has 14 heteroatoms. The summed E-state index contributed by atoms with van der Waals surface area (Å²) in [7, 11) is 3.45. The molecule has 3 aromatic heterocycles. The molecule has 1 amide bonds. The van der Waals surface area contributed by atoms with Crippen LogP contribution in [0.15, 0.2) is 42.2 Å². The quantitative estimate of drug-likeness (QED) is 0.308. The third-order valence-electron chi connectivity index (χ3n) is 6.15. The molecular weight excluding hydrogens is 517 g/mol. The van der Waals surface area contributed by atoms with Crippen molar-refractivity contribution in [1.82, 2.24) is 24.9 Å². The van der Waals surface area contributed by atoms with E-state index in [1.165, 1.54) is 0 Å². The molecule has 3 aromatic rings. The van der Waals surface area contributed by atoms with Gasteiger partial charge in [0.2, 0.25) is 24.1 Å². The van der Waals surface area contributed by atoms with Gasteiger partial charge in [0.05, 0.1) is 30.9 Å². The maximum absolute atomic E-state index is 12.6. The fourth-order valence-electron chi connectivity index (χ4n) is 3.84. The SMILES string of the molecule is CO/C(C)=C(\C)N(C)c1nc(NCc2ccc(Oc3cnc(C(F)(F)F)nc3)nc2)nc2c1N(C=O)CCC2. The lowest BCUT2D eigenvalue weighted by Crippen LogP contribution is -2.32. The van der Waals surface area contributed by atoms with Crippen LogP contribution >= 0.6 is 0 Å². The number of hydrogen-bond acceptors (Lipinski definition) is 10. The van der Waals surface area contributed by atoms with E-state index in [9.17, 15) is 18.0 Å². The largest absolute Gasteiger partial charge is 0.500 e. The Morgan fingerprint density at radius 3 is 2.51 bits per heavy atom. The summed E-state index contributed by atoms with van der Waals surface area (Å²) < 4.78 is 48.7. The van der Waals surface area contributed by atoms with Crippen LogP contribution in [0.4, 0.5) is 30.6 Å². The van der Waals surface area contributed by atoms with Crippen LogP contribution in [0.1, 0.15) is 37.4 Å².